The first-order valence-corrected chi connectivity index (χ1v) is 6.27. The molecule has 2 aromatic rings. The Hall–Kier alpha value is -1.32. The van der Waals surface area contributed by atoms with Crippen LogP contribution in [-0.2, 0) is 0 Å². The number of hydrogen-bond donors (Lipinski definition) is 3. The van der Waals surface area contributed by atoms with E-state index in [1.54, 1.807) is 0 Å². The molecule has 90 valence electrons. The number of H-pyrrole nitrogens is 1. The minimum absolute atomic E-state index is 0.230. The van der Waals surface area contributed by atoms with Gasteiger partial charge in [-0.1, -0.05) is 18.2 Å². The lowest BCUT2D eigenvalue weighted by molar-refractivity contribution is 0.231. The Labute approximate surface area is 101 Å². The van der Waals surface area contributed by atoms with Gasteiger partial charge in [0.25, 0.3) is 0 Å². The zero-order valence-electron chi connectivity index (χ0n) is 9.82. The summed E-state index contributed by atoms with van der Waals surface area (Å²) >= 11 is 0. The van der Waals surface area contributed by atoms with Crippen LogP contribution in [0, 0.1) is 5.92 Å². The number of hydrogen-bond acceptors (Lipinski definition) is 2. The van der Waals surface area contributed by atoms with Crippen LogP contribution in [0.2, 0.25) is 0 Å². The molecule has 3 heteroatoms. The summed E-state index contributed by atoms with van der Waals surface area (Å²) in [7, 11) is 0. The quantitative estimate of drug-likeness (QED) is 0.753. The van der Waals surface area contributed by atoms with E-state index >= 15 is 0 Å². The van der Waals surface area contributed by atoms with Crippen molar-refractivity contribution in [3.8, 4) is 0 Å². The normalized spacial score (nSPS) is 22.1. The van der Waals surface area contributed by atoms with Gasteiger partial charge in [0.05, 0.1) is 6.61 Å². The van der Waals surface area contributed by atoms with Crippen LogP contribution in [0.1, 0.15) is 17.9 Å². The third kappa shape index (κ3) is 1.85. The van der Waals surface area contributed by atoms with Crippen LogP contribution >= 0.6 is 0 Å². The van der Waals surface area contributed by atoms with Crippen LogP contribution in [0.15, 0.2) is 30.5 Å². The third-order valence-electron chi connectivity index (χ3n) is 3.88. The highest BCUT2D eigenvalue weighted by atomic mass is 16.3. The fraction of sp³-hybridized carbons (Fsp3) is 0.429. The van der Waals surface area contributed by atoms with E-state index in [-0.39, 0.29) is 12.5 Å². The molecule has 17 heavy (non-hydrogen) atoms. The van der Waals surface area contributed by atoms with Crippen LogP contribution in [0.5, 0.6) is 0 Å². The second-order valence-corrected chi connectivity index (χ2v) is 4.83. The van der Waals surface area contributed by atoms with Crippen molar-refractivity contribution in [1.82, 2.24) is 10.3 Å². The number of aliphatic hydroxyl groups excluding tert-OH is 1. The van der Waals surface area contributed by atoms with Crippen LogP contribution in [0.4, 0.5) is 0 Å². The average Bonchev–Trinajstić information content (AvgIpc) is 3.01. The lowest BCUT2D eigenvalue weighted by Gasteiger charge is -2.20. The number of aromatic nitrogens is 1. The van der Waals surface area contributed by atoms with Gasteiger partial charge in [0, 0.05) is 23.0 Å². The molecule has 1 aromatic carbocycles. The molecule has 0 saturated carbocycles. The van der Waals surface area contributed by atoms with Crippen LogP contribution in [0.25, 0.3) is 10.9 Å². The smallest absolute Gasteiger partial charge is 0.0503 e. The third-order valence-corrected chi connectivity index (χ3v) is 3.88. The first-order valence-electron chi connectivity index (χ1n) is 6.27. The lowest BCUT2D eigenvalue weighted by atomic mass is 9.86. The van der Waals surface area contributed by atoms with Crippen LogP contribution < -0.4 is 5.32 Å². The maximum Gasteiger partial charge on any atom is 0.0503 e. The number of para-hydroxylation sites is 1. The number of nitrogens with one attached hydrogen (secondary N) is 2. The van der Waals surface area contributed by atoms with Gasteiger partial charge in [0.15, 0.2) is 0 Å². The summed E-state index contributed by atoms with van der Waals surface area (Å²) in [6.45, 7) is 2.32. The number of benzene rings is 1. The second-order valence-electron chi connectivity index (χ2n) is 4.83. The van der Waals surface area contributed by atoms with Gasteiger partial charge in [0.1, 0.15) is 0 Å². The number of fused-ring (bicyclic) bond motifs is 1. The standard InChI is InChI=1S/C14H18N2O/c17-9-13(10-5-6-15-7-10)12-8-16-14-4-2-1-3-11(12)14/h1-4,8,10,13,15-17H,5-7,9H2. The van der Waals surface area contributed by atoms with Crippen molar-refractivity contribution in [2.75, 3.05) is 19.7 Å². The summed E-state index contributed by atoms with van der Waals surface area (Å²) in [4.78, 5) is 3.29. The van der Waals surface area contributed by atoms with E-state index < -0.39 is 0 Å². The molecule has 1 aromatic heterocycles. The van der Waals surface area contributed by atoms with Crippen molar-refractivity contribution in [3.63, 3.8) is 0 Å². The molecule has 2 heterocycles. The molecule has 0 amide bonds. The van der Waals surface area contributed by atoms with E-state index in [4.69, 9.17) is 0 Å². The average molecular weight is 230 g/mol. The highest BCUT2D eigenvalue weighted by molar-refractivity contribution is 5.83. The van der Waals surface area contributed by atoms with Gasteiger partial charge in [-0.3, -0.25) is 0 Å². The molecule has 1 aliphatic rings. The molecular weight excluding hydrogens is 212 g/mol. The molecule has 1 saturated heterocycles. The van der Waals surface area contributed by atoms with E-state index in [2.05, 4.69) is 34.7 Å². The number of aromatic amines is 1. The molecule has 0 aliphatic carbocycles. The maximum atomic E-state index is 9.68. The lowest BCUT2D eigenvalue weighted by Crippen LogP contribution is -2.19. The van der Waals surface area contributed by atoms with Crippen molar-refractivity contribution in [2.45, 2.75) is 12.3 Å². The monoisotopic (exact) mass is 230 g/mol. The summed E-state index contributed by atoms with van der Waals surface area (Å²) in [5, 5.41) is 14.3. The fourth-order valence-corrected chi connectivity index (χ4v) is 2.92. The Morgan fingerprint density at radius 1 is 1.35 bits per heavy atom. The van der Waals surface area contributed by atoms with Gasteiger partial charge >= 0.3 is 0 Å². The Balaban J connectivity index is 2.00. The summed E-state index contributed by atoms with van der Waals surface area (Å²) in [6.07, 6.45) is 3.22. The zero-order chi connectivity index (χ0) is 11.7. The van der Waals surface area contributed by atoms with E-state index in [1.165, 1.54) is 10.9 Å². The molecule has 3 N–H and O–H groups in total. The number of aliphatic hydroxyl groups is 1. The Kier molecular flexibility index (Phi) is 2.87. The predicted molar refractivity (Wildman–Crippen MR) is 69.1 cm³/mol. The van der Waals surface area contributed by atoms with E-state index in [9.17, 15) is 5.11 Å². The molecule has 0 spiro atoms. The Morgan fingerprint density at radius 2 is 2.24 bits per heavy atom. The summed E-state index contributed by atoms with van der Waals surface area (Å²) < 4.78 is 0. The van der Waals surface area contributed by atoms with Gasteiger partial charge in [-0.15, -0.1) is 0 Å². The van der Waals surface area contributed by atoms with Gasteiger partial charge in [-0.25, -0.2) is 0 Å². The van der Waals surface area contributed by atoms with Crippen molar-refractivity contribution < 1.29 is 5.11 Å². The van der Waals surface area contributed by atoms with Gasteiger partial charge < -0.3 is 15.4 Å². The first kappa shape index (κ1) is 10.8. The molecule has 2 unspecified atom stereocenters. The van der Waals surface area contributed by atoms with Crippen LogP contribution in [-0.4, -0.2) is 29.8 Å². The predicted octanol–water partition coefficient (Wildman–Crippen LogP) is 1.85. The number of rotatable bonds is 3. The zero-order valence-corrected chi connectivity index (χ0v) is 9.82. The van der Waals surface area contributed by atoms with Crippen molar-refractivity contribution in [3.05, 3.63) is 36.0 Å². The van der Waals surface area contributed by atoms with Gasteiger partial charge in [-0.2, -0.15) is 0 Å². The van der Waals surface area contributed by atoms with E-state index in [0.29, 0.717) is 5.92 Å². The molecule has 2 atom stereocenters. The van der Waals surface area contributed by atoms with Gasteiger partial charge in [-0.05, 0) is 37.1 Å². The SMILES string of the molecule is OCC(c1c[nH]c2ccccc12)C1CCNC1. The summed E-state index contributed by atoms with van der Waals surface area (Å²) in [6, 6.07) is 8.31. The van der Waals surface area contributed by atoms with Gasteiger partial charge in [0.2, 0.25) is 0 Å². The minimum atomic E-state index is 0.230. The first-order chi connectivity index (χ1) is 8.40. The molecule has 0 bridgehead atoms. The second kappa shape index (κ2) is 4.51. The highest BCUT2D eigenvalue weighted by Gasteiger charge is 2.27. The fourth-order valence-electron chi connectivity index (χ4n) is 2.92. The van der Waals surface area contributed by atoms with Crippen molar-refractivity contribution >= 4 is 10.9 Å². The molecule has 3 nitrogen and oxygen atoms in total. The van der Waals surface area contributed by atoms with Crippen LogP contribution in [0.3, 0.4) is 0 Å². The van der Waals surface area contributed by atoms with E-state index in [1.807, 2.05) is 6.07 Å². The maximum absolute atomic E-state index is 9.68. The van der Waals surface area contributed by atoms with E-state index in [0.717, 1.165) is 25.0 Å². The topological polar surface area (TPSA) is 48.0 Å². The summed E-state index contributed by atoms with van der Waals surface area (Å²) in [5.41, 5.74) is 2.42. The van der Waals surface area contributed by atoms with Crippen molar-refractivity contribution in [1.29, 1.82) is 0 Å². The van der Waals surface area contributed by atoms with Crippen molar-refractivity contribution in [2.24, 2.45) is 5.92 Å². The molecule has 1 fully saturated rings. The minimum Gasteiger partial charge on any atom is -0.396 e. The Bertz CT molecular complexity index is 500. The Morgan fingerprint density at radius 3 is 3.00 bits per heavy atom. The molecule has 1 aliphatic heterocycles. The summed E-state index contributed by atoms with van der Waals surface area (Å²) in [5.74, 6) is 0.806. The largest absolute Gasteiger partial charge is 0.396 e. The molecular formula is C14H18N2O. The molecule has 3 rings (SSSR count). The highest BCUT2D eigenvalue weighted by Crippen LogP contribution is 2.33. The molecule has 0 radical (unpaired) electrons.